The summed E-state index contributed by atoms with van der Waals surface area (Å²) in [6.07, 6.45) is 2.39. The van der Waals surface area contributed by atoms with Crippen LogP contribution in [-0.4, -0.2) is 11.9 Å². The first-order valence-electron chi connectivity index (χ1n) is 6.21. The minimum atomic E-state index is -0.444. The highest BCUT2D eigenvalue weighted by molar-refractivity contribution is 5.81. The maximum absolute atomic E-state index is 11.7. The molecule has 17 heavy (non-hydrogen) atoms. The van der Waals surface area contributed by atoms with E-state index in [1.54, 1.807) is 6.92 Å². The number of aryl methyl sites for hydroxylation is 1. The molecule has 1 saturated carbocycles. The van der Waals surface area contributed by atoms with E-state index < -0.39 is 6.04 Å². The lowest BCUT2D eigenvalue weighted by molar-refractivity contribution is -0.122. The Morgan fingerprint density at radius 1 is 1.41 bits per heavy atom. The molecule has 0 bridgehead atoms. The van der Waals surface area contributed by atoms with E-state index in [1.165, 1.54) is 24.0 Å². The number of nitrogens with two attached hydrogens (primary N) is 1. The molecule has 1 aliphatic rings. The average Bonchev–Trinajstić information content (AvgIpc) is 3.10. The molecular formula is C14H20N2O. The standard InChI is InChI=1S/C14H20N2O/c1-9-5-3-4-6-12(9)13(11-7-8-11)16-14(17)10(2)15/h3-6,10-11,13H,7-8,15H2,1-2H3,(H,16,17)/t10-,13?/m1/s1. The molecular weight excluding hydrogens is 212 g/mol. The molecule has 92 valence electrons. The highest BCUT2D eigenvalue weighted by Gasteiger charge is 2.34. The largest absolute Gasteiger partial charge is 0.348 e. The number of hydrogen-bond donors (Lipinski definition) is 2. The third-order valence-electron chi connectivity index (χ3n) is 3.33. The quantitative estimate of drug-likeness (QED) is 0.833. The van der Waals surface area contributed by atoms with E-state index in [-0.39, 0.29) is 11.9 Å². The monoisotopic (exact) mass is 232 g/mol. The Kier molecular flexibility index (Phi) is 3.48. The summed E-state index contributed by atoms with van der Waals surface area (Å²) in [5.41, 5.74) is 8.07. The fraction of sp³-hybridized carbons (Fsp3) is 0.500. The summed E-state index contributed by atoms with van der Waals surface area (Å²) in [6, 6.07) is 7.92. The number of rotatable bonds is 4. The second kappa shape index (κ2) is 4.88. The lowest BCUT2D eigenvalue weighted by atomic mass is 9.97. The molecule has 1 fully saturated rings. The zero-order valence-corrected chi connectivity index (χ0v) is 10.4. The number of benzene rings is 1. The van der Waals surface area contributed by atoms with Crippen LogP contribution in [0.3, 0.4) is 0 Å². The molecule has 0 aliphatic heterocycles. The van der Waals surface area contributed by atoms with Gasteiger partial charge >= 0.3 is 0 Å². The van der Waals surface area contributed by atoms with Gasteiger partial charge in [0.15, 0.2) is 0 Å². The number of amides is 1. The van der Waals surface area contributed by atoms with Crippen LogP contribution in [0.25, 0.3) is 0 Å². The van der Waals surface area contributed by atoms with Gasteiger partial charge in [0, 0.05) is 0 Å². The van der Waals surface area contributed by atoms with E-state index in [9.17, 15) is 4.79 Å². The van der Waals surface area contributed by atoms with E-state index in [0.29, 0.717) is 5.92 Å². The molecule has 1 aromatic carbocycles. The van der Waals surface area contributed by atoms with Gasteiger partial charge in [-0.15, -0.1) is 0 Å². The molecule has 2 atom stereocenters. The molecule has 0 saturated heterocycles. The summed E-state index contributed by atoms with van der Waals surface area (Å²) in [6.45, 7) is 3.81. The predicted octanol–water partition coefficient (Wildman–Crippen LogP) is 1.91. The lowest BCUT2D eigenvalue weighted by Gasteiger charge is -2.21. The molecule has 0 spiro atoms. The molecule has 0 radical (unpaired) electrons. The number of hydrogen-bond acceptors (Lipinski definition) is 2. The van der Waals surface area contributed by atoms with E-state index >= 15 is 0 Å². The van der Waals surface area contributed by atoms with Gasteiger partial charge in [0.1, 0.15) is 0 Å². The second-order valence-corrected chi connectivity index (χ2v) is 4.97. The third kappa shape index (κ3) is 2.86. The van der Waals surface area contributed by atoms with Crippen LogP contribution in [0.2, 0.25) is 0 Å². The minimum Gasteiger partial charge on any atom is -0.348 e. The number of carbonyl (C=O) groups excluding carboxylic acids is 1. The van der Waals surface area contributed by atoms with Crippen molar-refractivity contribution < 1.29 is 4.79 Å². The summed E-state index contributed by atoms with van der Waals surface area (Å²) in [4.78, 5) is 11.7. The summed E-state index contributed by atoms with van der Waals surface area (Å²) >= 11 is 0. The molecule has 1 amide bonds. The van der Waals surface area contributed by atoms with Gasteiger partial charge in [-0.1, -0.05) is 24.3 Å². The topological polar surface area (TPSA) is 55.1 Å². The van der Waals surface area contributed by atoms with Crippen molar-refractivity contribution in [2.75, 3.05) is 0 Å². The van der Waals surface area contributed by atoms with Gasteiger partial charge in [-0.2, -0.15) is 0 Å². The summed E-state index contributed by atoms with van der Waals surface area (Å²) in [5.74, 6) is 0.518. The second-order valence-electron chi connectivity index (χ2n) is 4.97. The molecule has 3 nitrogen and oxygen atoms in total. The summed E-state index contributed by atoms with van der Waals surface area (Å²) in [7, 11) is 0. The van der Waals surface area contributed by atoms with Crippen LogP contribution in [-0.2, 0) is 4.79 Å². The Balaban J connectivity index is 2.18. The van der Waals surface area contributed by atoms with Crippen LogP contribution in [0.4, 0.5) is 0 Å². The predicted molar refractivity (Wildman–Crippen MR) is 68.4 cm³/mol. The first-order chi connectivity index (χ1) is 8.09. The van der Waals surface area contributed by atoms with Crippen LogP contribution in [0, 0.1) is 12.8 Å². The van der Waals surface area contributed by atoms with Gasteiger partial charge in [0.2, 0.25) is 5.91 Å². The first-order valence-corrected chi connectivity index (χ1v) is 6.21. The number of carbonyl (C=O) groups is 1. The van der Waals surface area contributed by atoms with Crippen molar-refractivity contribution in [1.29, 1.82) is 0 Å². The van der Waals surface area contributed by atoms with Crippen molar-refractivity contribution in [2.24, 2.45) is 11.7 Å². The molecule has 0 aromatic heterocycles. The van der Waals surface area contributed by atoms with Crippen molar-refractivity contribution >= 4 is 5.91 Å². The number of nitrogens with one attached hydrogen (secondary N) is 1. The molecule has 3 heteroatoms. The Hall–Kier alpha value is -1.35. The fourth-order valence-electron chi connectivity index (χ4n) is 2.10. The molecule has 2 rings (SSSR count). The molecule has 1 unspecified atom stereocenters. The van der Waals surface area contributed by atoms with Gasteiger partial charge in [0.25, 0.3) is 0 Å². The maximum atomic E-state index is 11.7. The third-order valence-corrected chi connectivity index (χ3v) is 3.33. The Morgan fingerprint density at radius 3 is 2.59 bits per heavy atom. The fourth-order valence-corrected chi connectivity index (χ4v) is 2.10. The molecule has 0 heterocycles. The van der Waals surface area contributed by atoms with Gasteiger partial charge in [-0.3, -0.25) is 4.79 Å². The summed E-state index contributed by atoms with van der Waals surface area (Å²) < 4.78 is 0. The van der Waals surface area contributed by atoms with E-state index in [1.807, 2.05) is 12.1 Å². The van der Waals surface area contributed by atoms with Crippen molar-refractivity contribution in [3.05, 3.63) is 35.4 Å². The maximum Gasteiger partial charge on any atom is 0.237 e. The average molecular weight is 232 g/mol. The van der Waals surface area contributed by atoms with Crippen LogP contribution in [0.1, 0.15) is 36.9 Å². The van der Waals surface area contributed by atoms with E-state index in [0.717, 1.165) is 0 Å². The lowest BCUT2D eigenvalue weighted by Crippen LogP contribution is -2.41. The highest BCUT2D eigenvalue weighted by atomic mass is 16.2. The van der Waals surface area contributed by atoms with Crippen LogP contribution < -0.4 is 11.1 Å². The SMILES string of the molecule is Cc1ccccc1C(NC(=O)[C@@H](C)N)C1CC1. The van der Waals surface area contributed by atoms with Crippen LogP contribution in [0.15, 0.2) is 24.3 Å². The first kappa shape index (κ1) is 12.1. The van der Waals surface area contributed by atoms with Crippen molar-refractivity contribution in [3.8, 4) is 0 Å². The van der Waals surface area contributed by atoms with Gasteiger partial charge < -0.3 is 11.1 Å². The van der Waals surface area contributed by atoms with Gasteiger partial charge in [-0.05, 0) is 43.7 Å². The zero-order valence-electron chi connectivity index (χ0n) is 10.4. The molecule has 1 aromatic rings. The Morgan fingerprint density at radius 2 is 2.06 bits per heavy atom. The van der Waals surface area contributed by atoms with Crippen LogP contribution in [0.5, 0.6) is 0 Å². The van der Waals surface area contributed by atoms with Crippen molar-refractivity contribution in [2.45, 2.75) is 38.8 Å². The van der Waals surface area contributed by atoms with Crippen molar-refractivity contribution in [3.63, 3.8) is 0 Å². The normalized spacial score (nSPS) is 18.5. The van der Waals surface area contributed by atoms with E-state index in [4.69, 9.17) is 5.73 Å². The summed E-state index contributed by atoms with van der Waals surface area (Å²) in [5, 5.41) is 3.07. The van der Waals surface area contributed by atoms with Gasteiger partial charge in [-0.25, -0.2) is 0 Å². The van der Waals surface area contributed by atoms with Gasteiger partial charge in [0.05, 0.1) is 12.1 Å². The Bertz CT molecular complexity index is 410. The van der Waals surface area contributed by atoms with Crippen LogP contribution >= 0.6 is 0 Å². The molecule has 3 N–H and O–H groups in total. The Labute approximate surface area is 102 Å². The minimum absolute atomic E-state index is 0.0647. The van der Waals surface area contributed by atoms with Crippen molar-refractivity contribution in [1.82, 2.24) is 5.32 Å². The van der Waals surface area contributed by atoms with E-state index in [2.05, 4.69) is 24.4 Å². The molecule has 1 aliphatic carbocycles. The highest BCUT2D eigenvalue weighted by Crippen LogP contribution is 2.41. The smallest absolute Gasteiger partial charge is 0.237 e. The zero-order chi connectivity index (χ0) is 12.4.